The minimum Gasteiger partial charge on any atom is -0.450 e. The molecule has 0 aliphatic heterocycles. The number of aromatic nitrogens is 2. The Morgan fingerprint density at radius 3 is 3.25 bits per heavy atom. The summed E-state index contributed by atoms with van der Waals surface area (Å²) in [5, 5.41) is 2.55. The van der Waals surface area contributed by atoms with Gasteiger partial charge in [-0.1, -0.05) is 0 Å². The molecule has 1 aromatic heterocycles. The predicted octanol–water partition coefficient (Wildman–Crippen LogP) is 0.656. The van der Waals surface area contributed by atoms with E-state index in [0.29, 0.717) is 13.2 Å². The number of nitrogens with zero attached hydrogens (tertiary/aromatic N) is 1. The summed E-state index contributed by atoms with van der Waals surface area (Å²) in [7, 11) is 0. The van der Waals surface area contributed by atoms with Gasteiger partial charge >= 0.3 is 6.09 Å². The number of hydrogen-bond donors (Lipinski definition) is 2. The first-order valence-corrected chi connectivity index (χ1v) is 3.70. The van der Waals surface area contributed by atoms with E-state index in [4.69, 9.17) is 0 Å². The van der Waals surface area contributed by atoms with Crippen molar-refractivity contribution < 1.29 is 9.53 Å². The molecule has 12 heavy (non-hydrogen) atoms. The van der Waals surface area contributed by atoms with E-state index >= 15 is 0 Å². The summed E-state index contributed by atoms with van der Waals surface area (Å²) in [6.07, 6.45) is 2.79. The first kappa shape index (κ1) is 8.58. The summed E-state index contributed by atoms with van der Waals surface area (Å²) in [5.41, 5.74) is 0.850. The number of imidazole rings is 1. The Hall–Kier alpha value is -1.52. The number of H-pyrrole nitrogens is 1. The fourth-order valence-corrected chi connectivity index (χ4v) is 0.731. The van der Waals surface area contributed by atoms with Crippen LogP contribution >= 0.6 is 0 Å². The molecule has 0 bridgehead atoms. The van der Waals surface area contributed by atoms with Crippen LogP contribution in [0.2, 0.25) is 0 Å². The van der Waals surface area contributed by atoms with Crippen molar-refractivity contribution in [2.45, 2.75) is 13.5 Å². The molecule has 0 unspecified atom stereocenters. The molecule has 1 amide bonds. The first-order chi connectivity index (χ1) is 5.83. The van der Waals surface area contributed by atoms with E-state index < -0.39 is 6.09 Å². The molecule has 1 aromatic rings. The molecule has 0 aromatic carbocycles. The van der Waals surface area contributed by atoms with Crippen LogP contribution in [0.15, 0.2) is 12.5 Å². The molecule has 0 atom stereocenters. The zero-order valence-corrected chi connectivity index (χ0v) is 6.83. The normalized spacial score (nSPS) is 9.42. The number of rotatable bonds is 3. The van der Waals surface area contributed by atoms with Crippen molar-refractivity contribution >= 4 is 6.09 Å². The van der Waals surface area contributed by atoms with Gasteiger partial charge in [-0.2, -0.15) is 0 Å². The third kappa shape index (κ3) is 2.61. The van der Waals surface area contributed by atoms with Gasteiger partial charge < -0.3 is 15.0 Å². The van der Waals surface area contributed by atoms with Crippen molar-refractivity contribution in [3.8, 4) is 0 Å². The molecule has 2 N–H and O–H groups in total. The molecule has 0 aliphatic rings. The van der Waals surface area contributed by atoms with E-state index in [-0.39, 0.29) is 0 Å². The van der Waals surface area contributed by atoms with E-state index in [1.54, 1.807) is 19.4 Å². The lowest BCUT2D eigenvalue weighted by Gasteiger charge is -2.02. The lowest BCUT2D eigenvalue weighted by atomic mass is 10.5. The SMILES string of the molecule is CCOC(=O)NCc1cnc[nH]1. The van der Waals surface area contributed by atoms with Gasteiger partial charge in [0.2, 0.25) is 0 Å². The number of alkyl carbamates (subject to hydrolysis) is 1. The predicted molar refractivity (Wildman–Crippen MR) is 42.4 cm³/mol. The highest BCUT2D eigenvalue weighted by molar-refractivity contribution is 5.66. The van der Waals surface area contributed by atoms with Gasteiger partial charge in [-0.3, -0.25) is 0 Å². The van der Waals surface area contributed by atoms with Crippen LogP contribution in [0.4, 0.5) is 4.79 Å². The van der Waals surface area contributed by atoms with Crippen LogP contribution in [0.1, 0.15) is 12.6 Å². The topological polar surface area (TPSA) is 67.0 Å². The first-order valence-electron chi connectivity index (χ1n) is 3.70. The summed E-state index contributed by atoms with van der Waals surface area (Å²) in [6.45, 7) is 2.56. The van der Waals surface area contributed by atoms with Crippen molar-refractivity contribution in [3.63, 3.8) is 0 Å². The van der Waals surface area contributed by atoms with Gasteiger partial charge in [0.15, 0.2) is 0 Å². The molecule has 0 saturated heterocycles. The minimum absolute atomic E-state index is 0.384. The zero-order valence-electron chi connectivity index (χ0n) is 6.83. The molecule has 0 radical (unpaired) electrons. The molecule has 66 valence electrons. The molecular weight excluding hydrogens is 158 g/mol. The molecule has 1 heterocycles. The van der Waals surface area contributed by atoms with E-state index in [9.17, 15) is 4.79 Å². The van der Waals surface area contributed by atoms with Crippen molar-refractivity contribution in [2.24, 2.45) is 0 Å². The van der Waals surface area contributed by atoms with E-state index in [2.05, 4.69) is 20.0 Å². The maximum absolute atomic E-state index is 10.8. The summed E-state index contributed by atoms with van der Waals surface area (Å²) in [6, 6.07) is 0. The highest BCUT2D eigenvalue weighted by atomic mass is 16.5. The Morgan fingerprint density at radius 1 is 1.83 bits per heavy atom. The number of aromatic amines is 1. The summed E-state index contributed by atoms with van der Waals surface area (Å²) in [5.74, 6) is 0. The molecule has 0 saturated carbocycles. The Balaban J connectivity index is 2.22. The molecule has 0 fully saturated rings. The van der Waals surface area contributed by atoms with Crippen LogP contribution in [0.3, 0.4) is 0 Å². The average molecular weight is 169 g/mol. The van der Waals surface area contributed by atoms with Crippen LogP contribution in [0.5, 0.6) is 0 Å². The standard InChI is InChI=1S/C7H11N3O2/c1-2-12-7(11)9-4-6-3-8-5-10-6/h3,5H,2,4H2,1H3,(H,8,10)(H,9,11). The maximum Gasteiger partial charge on any atom is 0.407 e. The van der Waals surface area contributed by atoms with Crippen LogP contribution in [-0.2, 0) is 11.3 Å². The molecule has 5 nitrogen and oxygen atoms in total. The number of ether oxygens (including phenoxy) is 1. The largest absolute Gasteiger partial charge is 0.450 e. The Labute approximate surface area is 70.1 Å². The van der Waals surface area contributed by atoms with Crippen molar-refractivity contribution in [2.75, 3.05) is 6.61 Å². The second-order valence-corrected chi connectivity index (χ2v) is 2.15. The van der Waals surface area contributed by atoms with Crippen molar-refractivity contribution in [1.29, 1.82) is 0 Å². The minimum atomic E-state index is -0.410. The van der Waals surface area contributed by atoms with Gasteiger partial charge in [0.25, 0.3) is 0 Å². The van der Waals surface area contributed by atoms with Crippen LogP contribution < -0.4 is 5.32 Å². The number of carbonyl (C=O) groups excluding carboxylic acids is 1. The third-order valence-electron chi connectivity index (χ3n) is 1.25. The Kier molecular flexibility index (Phi) is 3.13. The van der Waals surface area contributed by atoms with Gasteiger partial charge in [0.05, 0.1) is 25.2 Å². The smallest absolute Gasteiger partial charge is 0.407 e. The summed E-state index contributed by atoms with van der Waals surface area (Å²) in [4.78, 5) is 17.4. The second kappa shape index (κ2) is 4.38. The summed E-state index contributed by atoms with van der Waals surface area (Å²) < 4.78 is 4.66. The van der Waals surface area contributed by atoms with Gasteiger partial charge in [-0.05, 0) is 6.92 Å². The van der Waals surface area contributed by atoms with Gasteiger partial charge in [0.1, 0.15) is 0 Å². The van der Waals surface area contributed by atoms with Gasteiger partial charge in [-0.25, -0.2) is 9.78 Å². The van der Waals surface area contributed by atoms with Crippen LogP contribution in [-0.4, -0.2) is 22.7 Å². The number of nitrogens with one attached hydrogen (secondary N) is 2. The van der Waals surface area contributed by atoms with Gasteiger partial charge in [-0.15, -0.1) is 0 Å². The molecule has 5 heteroatoms. The third-order valence-corrected chi connectivity index (χ3v) is 1.25. The van der Waals surface area contributed by atoms with Crippen molar-refractivity contribution in [3.05, 3.63) is 18.2 Å². The second-order valence-electron chi connectivity index (χ2n) is 2.15. The monoisotopic (exact) mass is 169 g/mol. The Bertz CT molecular complexity index is 233. The molecular formula is C7H11N3O2. The highest BCUT2D eigenvalue weighted by Gasteiger charge is 1.99. The zero-order chi connectivity index (χ0) is 8.81. The Morgan fingerprint density at radius 2 is 2.67 bits per heavy atom. The molecule has 0 spiro atoms. The average Bonchev–Trinajstić information content (AvgIpc) is 2.53. The van der Waals surface area contributed by atoms with E-state index in [0.717, 1.165) is 5.69 Å². The van der Waals surface area contributed by atoms with E-state index in [1.165, 1.54) is 0 Å². The fourth-order valence-electron chi connectivity index (χ4n) is 0.731. The van der Waals surface area contributed by atoms with E-state index in [1.807, 2.05) is 0 Å². The molecule has 0 aliphatic carbocycles. The lowest BCUT2D eigenvalue weighted by molar-refractivity contribution is 0.151. The number of amides is 1. The van der Waals surface area contributed by atoms with Crippen molar-refractivity contribution in [1.82, 2.24) is 15.3 Å². The number of carbonyl (C=O) groups is 1. The highest BCUT2D eigenvalue weighted by Crippen LogP contribution is 1.89. The van der Waals surface area contributed by atoms with Gasteiger partial charge in [0, 0.05) is 6.20 Å². The lowest BCUT2D eigenvalue weighted by Crippen LogP contribution is -2.23. The van der Waals surface area contributed by atoms with Crippen LogP contribution in [0.25, 0.3) is 0 Å². The summed E-state index contributed by atoms with van der Waals surface area (Å²) >= 11 is 0. The maximum atomic E-state index is 10.8. The van der Waals surface area contributed by atoms with Crippen LogP contribution in [0, 0.1) is 0 Å². The quantitative estimate of drug-likeness (QED) is 0.698. The fraction of sp³-hybridized carbons (Fsp3) is 0.429. The molecule has 1 rings (SSSR count). The number of hydrogen-bond acceptors (Lipinski definition) is 3.